The fraction of sp³-hybridized carbons (Fsp3) is 0.423. The molecule has 0 nitrogen and oxygen atoms in total. The molecule has 0 aromatic heterocycles. The molecule has 27 heavy (non-hydrogen) atoms. The summed E-state index contributed by atoms with van der Waals surface area (Å²) in [5.41, 5.74) is 7.37. The van der Waals surface area contributed by atoms with Gasteiger partial charge in [0.2, 0.25) is 0 Å². The second kappa shape index (κ2) is 8.12. The van der Waals surface area contributed by atoms with Crippen molar-refractivity contribution in [3.05, 3.63) is 65.2 Å². The van der Waals surface area contributed by atoms with Gasteiger partial charge in [-0.3, -0.25) is 0 Å². The van der Waals surface area contributed by atoms with E-state index < -0.39 is 0 Å². The molecule has 0 amide bonds. The molecule has 0 spiro atoms. The third kappa shape index (κ3) is 4.05. The number of hydrogen-bond acceptors (Lipinski definition) is 0. The van der Waals surface area contributed by atoms with E-state index in [2.05, 4.69) is 76.2 Å². The summed E-state index contributed by atoms with van der Waals surface area (Å²) in [4.78, 5) is 0. The van der Waals surface area contributed by atoms with Crippen LogP contribution in [-0.4, -0.2) is 0 Å². The Hall–Kier alpha value is -1.07. The molecular weight excluding hydrogens is 404 g/mol. The van der Waals surface area contributed by atoms with Gasteiger partial charge in [-0.05, 0) is 35.3 Å². The van der Waals surface area contributed by atoms with Gasteiger partial charge in [0.05, 0.1) is 0 Å². The molecule has 4 rings (SSSR count). The maximum atomic E-state index is 2.39. The molecule has 1 fully saturated rings. The third-order valence-corrected chi connectivity index (χ3v) is 6.28. The normalized spacial score (nSPS) is 15.7. The van der Waals surface area contributed by atoms with Gasteiger partial charge in [-0.25, -0.2) is 0 Å². The number of fused-ring (bicyclic) bond motifs is 1. The average Bonchev–Trinajstić information content (AvgIpc) is 3.00. The Labute approximate surface area is 183 Å². The summed E-state index contributed by atoms with van der Waals surface area (Å²) in [7, 11) is 0. The summed E-state index contributed by atoms with van der Waals surface area (Å²) in [5.74, 6) is 0.779. The molecule has 0 radical (unpaired) electrons. The summed E-state index contributed by atoms with van der Waals surface area (Å²) in [5, 5.41) is 2.81. The zero-order valence-corrected chi connectivity index (χ0v) is 19.7. The second-order valence-electron chi connectivity index (χ2n) is 9.16. The summed E-state index contributed by atoms with van der Waals surface area (Å²) in [6.45, 7) is 9.23. The van der Waals surface area contributed by atoms with E-state index in [9.17, 15) is 0 Å². The summed E-state index contributed by atoms with van der Waals surface area (Å²) >= 11 is 0. The van der Waals surface area contributed by atoms with Crippen molar-refractivity contribution in [1.29, 1.82) is 0 Å². The Kier molecular flexibility index (Phi) is 6.22. The molecule has 1 saturated carbocycles. The third-order valence-electron chi connectivity index (χ3n) is 6.28. The van der Waals surface area contributed by atoms with E-state index in [-0.39, 0.29) is 31.6 Å². The van der Waals surface area contributed by atoms with Crippen LogP contribution in [0.5, 0.6) is 0 Å². The van der Waals surface area contributed by atoms with E-state index in [4.69, 9.17) is 0 Å². The summed E-state index contributed by atoms with van der Waals surface area (Å²) in [6, 6.07) is 18.6. The monoisotopic (exact) mass is 433 g/mol. The molecule has 0 aliphatic heterocycles. The van der Waals surface area contributed by atoms with E-state index >= 15 is 0 Å². The van der Waals surface area contributed by atoms with E-state index in [0.29, 0.717) is 0 Å². The number of benzene rings is 2. The predicted octanol–water partition coefficient (Wildman–Crippen LogP) is 7.88. The van der Waals surface area contributed by atoms with E-state index in [1.165, 1.54) is 70.7 Å². The van der Waals surface area contributed by atoms with Crippen molar-refractivity contribution in [2.45, 2.75) is 71.1 Å². The largest absolute Gasteiger partial charge is 0.152 e. The van der Waals surface area contributed by atoms with Crippen LogP contribution in [0.15, 0.2) is 48.5 Å². The van der Waals surface area contributed by atoms with Gasteiger partial charge in [-0.15, -0.1) is 34.5 Å². The fourth-order valence-corrected chi connectivity index (χ4v) is 4.90. The Morgan fingerprint density at radius 1 is 0.889 bits per heavy atom. The Bertz CT molecular complexity index is 900. The van der Waals surface area contributed by atoms with Gasteiger partial charge in [-0.1, -0.05) is 82.9 Å². The SMILES string of the molecule is Cc1c(C(C)(C)C)[cH-]c2cccc(-c3ccc(C4CCCCC4)cc3)c12.[Zr]. The molecular formula is C26H31Zr-. The molecule has 0 unspecified atom stereocenters. The van der Waals surface area contributed by atoms with E-state index in [0.717, 1.165) is 5.92 Å². The van der Waals surface area contributed by atoms with Crippen molar-refractivity contribution in [1.82, 2.24) is 0 Å². The first-order valence-corrected chi connectivity index (χ1v) is 10.2. The molecule has 1 aliphatic carbocycles. The van der Waals surface area contributed by atoms with Gasteiger partial charge in [0, 0.05) is 26.2 Å². The number of hydrogen-bond donors (Lipinski definition) is 0. The average molecular weight is 435 g/mol. The quantitative estimate of drug-likeness (QED) is 0.360. The van der Waals surface area contributed by atoms with Crippen LogP contribution in [-0.2, 0) is 31.6 Å². The molecule has 3 aromatic carbocycles. The standard InChI is InChI=1S/C26H31.Zr/c1-18-24(26(2,3)4)17-22-11-8-12-23(25(18)22)21-15-13-20(14-16-21)19-9-6-5-7-10-19;/h8,11-17,19H,5-7,9-10H2,1-4H3;/q-1;. The van der Waals surface area contributed by atoms with Crippen molar-refractivity contribution >= 4 is 10.8 Å². The van der Waals surface area contributed by atoms with E-state index in [1.807, 2.05) is 0 Å². The smallest absolute Gasteiger partial charge is 0 e. The zero-order chi connectivity index (χ0) is 18.3. The minimum atomic E-state index is 0. The van der Waals surface area contributed by atoms with Gasteiger partial charge in [0.25, 0.3) is 0 Å². The second-order valence-corrected chi connectivity index (χ2v) is 9.16. The van der Waals surface area contributed by atoms with Gasteiger partial charge in [0.1, 0.15) is 0 Å². The van der Waals surface area contributed by atoms with Gasteiger partial charge in [0.15, 0.2) is 0 Å². The molecule has 0 heterocycles. The van der Waals surface area contributed by atoms with Gasteiger partial charge in [-0.2, -0.15) is 5.56 Å². The maximum Gasteiger partial charge on any atom is 0 e. The van der Waals surface area contributed by atoms with Crippen LogP contribution in [0.2, 0.25) is 0 Å². The van der Waals surface area contributed by atoms with Crippen molar-refractivity contribution in [3.63, 3.8) is 0 Å². The summed E-state index contributed by atoms with van der Waals surface area (Å²) in [6.07, 6.45) is 6.95. The molecule has 1 heteroatoms. The molecule has 0 N–H and O–H groups in total. The molecule has 0 bridgehead atoms. The molecule has 0 atom stereocenters. The van der Waals surface area contributed by atoms with Crippen LogP contribution in [0.4, 0.5) is 0 Å². The predicted molar refractivity (Wildman–Crippen MR) is 114 cm³/mol. The Morgan fingerprint density at radius 2 is 1.56 bits per heavy atom. The minimum Gasteiger partial charge on any atom is -0.152 e. The molecule has 140 valence electrons. The van der Waals surface area contributed by atoms with Crippen LogP contribution in [0.3, 0.4) is 0 Å². The van der Waals surface area contributed by atoms with Crippen LogP contribution in [0.25, 0.3) is 21.9 Å². The first-order valence-electron chi connectivity index (χ1n) is 10.2. The summed E-state index contributed by atoms with van der Waals surface area (Å²) < 4.78 is 0. The fourth-order valence-electron chi connectivity index (χ4n) is 4.90. The van der Waals surface area contributed by atoms with Crippen molar-refractivity contribution in [3.8, 4) is 11.1 Å². The first kappa shape index (κ1) is 20.7. The molecule has 1 aliphatic rings. The van der Waals surface area contributed by atoms with E-state index in [1.54, 1.807) is 0 Å². The van der Waals surface area contributed by atoms with Crippen molar-refractivity contribution in [2.24, 2.45) is 0 Å². The number of aryl methyl sites for hydroxylation is 1. The van der Waals surface area contributed by atoms with Gasteiger partial charge < -0.3 is 0 Å². The Morgan fingerprint density at radius 3 is 2.19 bits per heavy atom. The Balaban J connectivity index is 0.00000210. The van der Waals surface area contributed by atoms with Crippen molar-refractivity contribution < 1.29 is 26.2 Å². The minimum absolute atomic E-state index is 0. The molecule has 3 aromatic rings. The van der Waals surface area contributed by atoms with Crippen LogP contribution in [0.1, 0.15) is 75.5 Å². The maximum absolute atomic E-state index is 2.39. The van der Waals surface area contributed by atoms with Gasteiger partial charge >= 0.3 is 0 Å². The topological polar surface area (TPSA) is 0 Å². The number of rotatable bonds is 2. The van der Waals surface area contributed by atoms with Crippen LogP contribution in [0, 0.1) is 6.92 Å². The molecule has 0 saturated heterocycles. The van der Waals surface area contributed by atoms with Crippen LogP contribution >= 0.6 is 0 Å². The first-order chi connectivity index (χ1) is 12.4. The van der Waals surface area contributed by atoms with Crippen molar-refractivity contribution in [2.75, 3.05) is 0 Å². The van der Waals surface area contributed by atoms with Crippen LogP contribution < -0.4 is 0 Å². The zero-order valence-electron chi connectivity index (χ0n) is 17.2.